The summed E-state index contributed by atoms with van der Waals surface area (Å²) in [4.78, 5) is 14.6. The molecule has 1 atom stereocenters. The molecular formula is C15H19ClN2O2S. The van der Waals surface area contributed by atoms with Crippen LogP contribution in [0.15, 0.2) is 16.5 Å². The molecule has 114 valence electrons. The summed E-state index contributed by atoms with van der Waals surface area (Å²) in [6, 6.07) is 3.70. The standard InChI is InChI=1S/C15H19ClN2O2S/c1-9(10-4-5-10)18-8-11-6-12(16)7-13(14(11)15(18)19)17-21(2,3)20/h6-7,9-10H,4-5,8H2,1-3H3/t9-/m0/s1. The number of fused-ring (bicyclic) bond motifs is 1. The number of carbonyl (C=O) groups excluding carboxylic acids is 1. The van der Waals surface area contributed by atoms with E-state index in [1.807, 2.05) is 11.0 Å². The predicted octanol–water partition coefficient (Wildman–Crippen LogP) is 3.45. The zero-order valence-electron chi connectivity index (χ0n) is 12.4. The number of rotatable bonds is 3. The quantitative estimate of drug-likeness (QED) is 0.854. The van der Waals surface area contributed by atoms with E-state index < -0.39 is 9.73 Å². The van der Waals surface area contributed by atoms with Gasteiger partial charge in [-0.3, -0.25) is 4.79 Å². The predicted molar refractivity (Wildman–Crippen MR) is 85.6 cm³/mol. The van der Waals surface area contributed by atoms with Gasteiger partial charge in [0.25, 0.3) is 5.91 Å². The molecule has 1 saturated carbocycles. The molecule has 1 aliphatic carbocycles. The Morgan fingerprint density at radius 1 is 1.38 bits per heavy atom. The van der Waals surface area contributed by atoms with Crippen molar-refractivity contribution in [1.82, 2.24) is 4.90 Å². The zero-order chi connectivity index (χ0) is 15.4. The minimum absolute atomic E-state index is 0.0107. The Morgan fingerprint density at radius 2 is 2.05 bits per heavy atom. The number of hydrogen-bond acceptors (Lipinski definition) is 3. The molecule has 1 aliphatic heterocycles. The fourth-order valence-electron chi connectivity index (χ4n) is 2.89. The fourth-order valence-corrected chi connectivity index (χ4v) is 3.74. The van der Waals surface area contributed by atoms with Crippen LogP contribution < -0.4 is 0 Å². The van der Waals surface area contributed by atoms with Crippen LogP contribution in [0.2, 0.25) is 5.02 Å². The molecule has 0 N–H and O–H groups in total. The minimum atomic E-state index is -2.34. The van der Waals surface area contributed by atoms with E-state index in [1.54, 1.807) is 18.6 Å². The van der Waals surface area contributed by atoms with Gasteiger partial charge in [-0.15, -0.1) is 0 Å². The summed E-state index contributed by atoms with van der Waals surface area (Å²) < 4.78 is 16.2. The van der Waals surface area contributed by atoms with Gasteiger partial charge in [-0.1, -0.05) is 11.6 Å². The van der Waals surface area contributed by atoms with Gasteiger partial charge in [0.1, 0.15) is 0 Å². The van der Waals surface area contributed by atoms with E-state index in [4.69, 9.17) is 11.6 Å². The molecule has 0 radical (unpaired) electrons. The van der Waals surface area contributed by atoms with Crippen LogP contribution in [0.25, 0.3) is 0 Å². The molecule has 1 heterocycles. The first kappa shape index (κ1) is 14.9. The third kappa shape index (κ3) is 2.94. The van der Waals surface area contributed by atoms with Crippen molar-refractivity contribution < 1.29 is 9.00 Å². The summed E-state index contributed by atoms with van der Waals surface area (Å²) in [7, 11) is -2.34. The van der Waals surface area contributed by atoms with E-state index in [0.717, 1.165) is 5.56 Å². The van der Waals surface area contributed by atoms with Crippen LogP contribution in [-0.4, -0.2) is 33.6 Å². The van der Waals surface area contributed by atoms with Crippen LogP contribution in [0, 0.1) is 5.92 Å². The lowest BCUT2D eigenvalue weighted by Gasteiger charge is -2.24. The van der Waals surface area contributed by atoms with Crippen molar-refractivity contribution in [2.24, 2.45) is 10.3 Å². The average Bonchev–Trinajstić information content (AvgIpc) is 3.11. The van der Waals surface area contributed by atoms with Gasteiger partial charge in [0.05, 0.1) is 11.3 Å². The summed E-state index contributed by atoms with van der Waals surface area (Å²) in [6.07, 6.45) is 5.50. The normalized spacial score (nSPS) is 19.6. The van der Waals surface area contributed by atoms with Crippen LogP contribution in [-0.2, 0) is 16.3 Å². The second kappa shape index (κ2) is 4.99. The van der Waals surface area contributed by atoms with E-state index in [9.17, 15) is 9.00 Å². The van der Waals surface area contributed by atoms with Gasteiger partial charge in [0.15, 0.2) is 0 Å². The van der Waals surface area contributed by atoms with Gasteiger partial charge in [0.2, 0.25) is 0 Å². The van der Waals surface area contributed by atoms with Crippen LogP contribution >= 0.6 is 11.6 Å². The minimum Gasteiger partial charge on any atom is -0.331 e. The Morgan fingerprint density at radius 3 is 2.62 bits per heavy atom. The van der Waals surface area contributed by atoms with E-state index in [2.05, 4.69) is 11.3 Å². The Bertz CT molecular complexity index is 725. The maximum Gasteiger partial charge on any atom is 0.256 e. The summed E-state index contributed by atoms with van der Waals surface area (Å²) in [5, 5.41) is 0.532. The molecule has 0 spiro atoms. The lowest BCUT2D eigenvalue weighted by molar-refractivity contribution is 0.0698. The van der Waals surface area contributed by atoms with E-state index in [0.29, 0.717) is 28.7 Å². The lowest BCUT2D eigenvalue weighted by Crippen LogP contribution is -2.34. The molecule has 1 fully saturated rings. The molecule has 2 aliphatic rings. The number of benzene rings is 1. The van der Waals surface area contributed by atoms with E-state index in [1.165, 1.54) is 12.8 Å². The molecule has 0 unspecified atom stereocenters. The third-order valence-corrected chi connectivity index (χ3v) is 4.95. The number of carbonyl (C=O) groups is 1. The maximum atomic E-state index is 12.7. The van der Waals surface area contributed by atoms with Crippen molar-refractivity contribution in [3.05, 3.63) is 28.3 Å². The van der Waals surface area contributed by atoms with Gasteiger partial charge >= 0.3 is 0 Å². The lowest BCUT2D eigenvalue weighted by atomic mass is 10.1. The summed E-state index contributed by atoms with van der Waals surface area (Å²) >= 11 is 6.12. The van der Waals surface area contributed by atoms with Crippen molar-refractivity contribution >= 4 is 32.9 Å². The van der Waals surface area contributed by atoms with Crippen molar-refractivity contribution in [3.8, 4) is 0 Å². The first-order chi connectivity index (χ1) is 9.76. The largest absolute Gasteiger partial charge is 0.331 e. The molecule has 1 aromatic rings. The molecule has 1 amide bonds. The Kier molecular flexibility index (Phi) is 3.53. The van der Waals surface area contributed by atoms with Crippen LogP contribution in [0.1, 0.15) is 35.7 Å². The molecule has 6 heteroatoms. The smallest absolute Gasteiger partial charge is 0.256 e. The molecule has 0 aromatic heterocycles. The zero-order valence-corrected chi connectivity index (χ0v) is 14.0. The summed E-state index contributed by atoms with van der Waals surface area (Å²) in [5.74, 6) is 0.601. The number of halogens is 1. The first-order valence-electron chi connectivity index (χ1n) is 7.07. The van der Waals surface area contributed by atoms with Crippen LogP contribution in [0.4, 0.5) is 5.69 Å². The summed E-state index contributed by atoms with van der Waals surface area (Å²) in [6.45, 7) is 2.67. The SMILES string of the molecule is C[C@@H](C1CC1)N1Cc2cc(Cl)cc(N=S(C)(C)=O)c2C1=O. The van der Waals surface area contributed by atoms with Crippen molar-refractivity contribution in [2.75, 3.05) is 12.5 Å². The number of amides is 1. The first-order valence-corrected chi connectivity index (χ1v) is 9.78. The number of hydrogen-bond donors (Lipinski definition) is 0. The van der Waals surface area contributed by atoms with Crippen LogP contribution in [0.3, 0.4) is 0 Å². The molecule has 21 heavy (non-hydrogen) atoms. The van der Waals surface area contributed by atoms with Gasteiger partial charge in [0, 0.05) is 39.8 Å². The van der Waals surface area contributed by atoms with Crippen molar-refractivity contribution in [2.45, 2.75) is 32.4 Å². The molecule has 1 aromatic carbocycles. The molecule has 4 nitrogen and oxygen atoms in total. The van der Waals surface area contributed by atoms with E-state index in [-0.39, 0.29) is 11.9 Å². The highest BCUT2D eigenvalue weighted by atomic mass is 35.5. The van der Waals surface area contributed by atoms with Crippen molar-refractivity contribution in [1.29, 1.82) is 0 Å². The van der Waals surface area contributed by atoms with Gasteiger partial charge in [-0.05, 0) is 43.4 Å². The molecular weight excluding hydrogens is 308 g/mol. The van der Waals surface area contributed by atoms with Gasteiger partial charge in [-0.25, -0.2) is 4.21 Å². The van der Waals surface area contributed by atoms with E-state index >= 15 is 0 Å². The van der Waals surface area contributed by atoms with Gasteiger partial charge < -0.3 is 4.90 Å². The topological polar surface area (TPSA) is 49.7 Å². The molecule has 0 bridgehead atoms. The highest BCUT2D eigenvalue weighted by molar-refractivity contribution is 7.92. The van der Waals surface area contributed by atoms with Crippen LogP contribution in [0.5, 0.6) is 0 Å². The number of nitrogens with zero attached hydrogens (tertiary/aromatic N) is 2. The highest BCUT2D eigenvalue weighted by Gasteiger charge is 2.39. The van der Waals surface area contributed by atoms with Gasteiger partial charge in [-0.2, -0.15) is 4.36 Å². The maximum absolute atomic E-state index is 12.7. The second-order valence-electron chi connectivity index (χ2n) is 6.24. The Hall–Kier alpha value is -1.07. The highest BCUT2D eigenvalue weighted by Crippen LogP contribution is 2.41. The van der Waals surface area contributed by atoms with Crippen molar-refractivity contribution in [3.63, 3.8) is 0 Å². The molecule has 3 rings (SSSR count). The summed E-state index contributed by atoms with van der Waals surface area (Å²) in [5.41, 5.74) is 1.92. The average molecular weight is 327 g/mol. The Balaban J connectivity index is 2.06. The second-order valence-corrected chi connectivity index (χ2v) is 9.22. The molecule has 0 saturated heterocycles. The Labute approximate surface area is 130 Å². The third-order valence-electron chi connectivity index (χ3n) is 4.09. The monoisotopic (exact) mass is 326 g/mol. The fraction of sp³-hybridized carbons (Fsp3) is 0.533.